The number of aromatic amines is 1. The number of aryl methyl sites for hydroxylation is 1. The van der Waals surface area contributed by atoms with Crippen LogP contribution in [-0.2, 0) is 18.5 Å². The zero-order chi connectivity index (χ0) is 23.4. The molecule has 0 saturated heterocycles. The summed E-state index contributed by atoms with van der Waals surface area (Å²) in [6, 6.07) is 16.3. The molecule has 33 heavy (non-hydrogen) atoms. The highest BCUT2D eigenvalue weighted by Gasteiger charge is 2.22. The van der Waals surface area contributed by atoms with E-state index in [1.54, 1.807) is 4.68 Å². The molecule has 0 fully saturated rings. The fourth-order valence-electron chi connectivity index (χ4n) is 3.93. The van der Waals surface area contributed by atoms with Crippen molar-refractivity contribution in [1.82, 2.24) is 35.0 Å². The zero-order valence-electron chi connectivity index (χ0n) is 19.7. The van der Waals surface area contributed by atoms with Gasteiger partial charge in [0.15, 0.2) is 0 Å². The molecule has 0 radical (unpaired) electrons. The van der Waals surface area contributed by atoms with Crippen LogP contribution in [0.4, 0.5) is 0 Å². The molecule has 0 spiro atoms. The Kier molecular flexibility index (Phi) is 6.53. The lowest BCUT2D eigenvalue weighted by Crippen LogP contribution is -2.36. The van der Waals surface area contributed by atoms with Crippen LogP contribution in [0.2, 0.25) is 0 Å². The molecule has 0 saturated carbocycles. The molecule has 0 aliphatic carbocycles. The fourth-order valence-corrected chi connectivity index (χ4v) is 3.93. The predicted molar refractivity (Wildman–Crippen MR) is 129 cm³/mol. The van der Waals surface area contributed by atoms with Gasteiger partial charge in [-0.25, -0.2) is 9.48 Å². The molecule has 0 amide bonds. The minimum atomic E-state index is -0.357. The maximum Gasteiger partial charge on any atom is 0.346 e. The Hall–Kier alpha value is -3.55. The van der Waals surface area contributed by atoms with Crippen LogP contribution in [-0.4, -0.2) is 35.0 Å². The van der Waals surface area contributed by atoms with Gasteiger partial charge < -0.3 is 0 Å². The van der Waals surface area contributed by atoms with Crippen LogP contribution in [0.5, 0.6) is 0 Å². The SMILES string of the molecule is CCCCCc1nn(C(C)(C)C)c(=O)n1Cc1ccc(-c2ccccc2-c2nn[nH]n2)cc1. The van der Waals surface area contributed by atoms with Gasteiger partial charge in [-0.2, -0.15) is 10.3 Å². The van der Waals surface area contributed by atoms with E-state index >= 15 is 0 Å². The molecule has 0 aliphatic heterocycles. The van der Waals surface area contributed by atoms with E-state index in [4.69, 9.17) is 5.10 Å². The van der Waals surface area contributed by atoms with Gasteiger partial charge >= 0.3 is 5.69 Å². The van der Waals surface area contributed by atoms with Crippen LogP contribution in [0, 0.1) is 0 Å². The largest absolute Gasteiger partial charge is 0.346 e. The molecule has 1 N–H and O–H groups in total. The van der Waals surface area contributed by atoms with Crippen molar-refractivity contribution in [3.8, 4) is 22.5 Å². The number of rotatable bonds is 8. The van der Waals surface area contributed by atoms with E-state index in [2.05, 4.69) is 51.8 Å². The Morgan fingerprint density at radius 1 is 0.970 bits per heavy atom. The van der Waals surface area contributed by atoms with Gasteiger partial charge in [0.05, 0.1) is 12.1 Å². The van der Waals surface area contributed by atoms with Gasteiger partial charge in [-0.05, 0) is 49.1 Å². The van der Waals surface area contributed by atoms with E-state index < -0.39 is 0 Å². The van der Waals surface area contributed by atoms with Gasteiger partial charge in [0, 0.05) is 12.0 Å². The molecule has 8 nitrogen and oxygen atoms in total. The first kappa shape index (κ1) is 22.6. The van der Waals surface area contributed by atoms with Gasteiger partial charge in [0.1, 0.15) is 5.82 Å². The monoisotopic (exact) mass is 445 g/mol. The second kappa shape index (κ2) is 9.52. The molecule has 2 heterocycles. The lowest BCUT2D eigenvalue weighted by molar-refractivity contribution is 0.339. The number of tetrazole rings is 1. The average Bonchev–Trinajstić information content (AvgIpc) is 3.44. The highest BCUT2D eigenvalue weighted by Crippen LogP contribution is 2.29. The van der Waals surface area contributed by atoms with Crippen LogP contribution in [0.15, 0.2) is 53.3 Å². The van der Waals surface area contributed by atoms with Crippen molar-refractivity contribution in [2.24, 2.45) is 0 Å². The van der Waals surface area contributed by atoms with Crippen LogP contribution in [0.3, 0.4) is 0 Å². The molecular weight excluding hydrogens is 414 g/mol. The van der Waals surface area contributed by atoms with Gasteiger partial charge in [-0.1, -0.05) is 68.3 Å². The summed E-state index contributed by atoms with van der Waals surface area (Å²) < 4.78 is 3.44. The molecule has 0 aliphatic rings. The van der Waals surface area contributed by atoms with Crippen LogP contribution < -0.4 is 5.69 Å². The number of aromatic nitrogens is 7. The first-order chi connectivity index (χ1) is 15.9. The van der Waals surface area contributed by atoms with Gasteiger partial charge in [0.2, 0.25) is 5.82 Å². The van der Waals surface area contributed by atoms with Gasteiger partial charge in [0.25, 0.3) is 0 Å². The summed E-state index contributed by atoms with van der Waals surface area (Å²) in [5, 5.41) is 19.1. The third-order valence-corrected chi connectivity index (χ3v) is 5.70. The summed E-state index contributed by atoms with van der Waals surface area (Å²) in [4.78, 5) is 13.2. The molecule has 4 aromatic rings. The maximum absolute atomic E-state index is 13.2. The zero-order valence-corrected chi connectivity index (χ0v) is 19.7. The van der Waals surface area contributed by atoms with Crippen molar-refractivity contribution in [1.29, 1.82) is 0 Å². The smallest absolute Gasteiger partial charge is 0.274 e. The lowest BCUT2D eigenvalue weighted by Gasteiger charge is -2.16. The molecule has 172 valence electrons. The van der Waals surface area contributed by atoms with Crippen LogP contribution in [0.1, 0.15) is 58.3 Å². The first-order valence-electron chi connectivity index (χ1n) is 11.5. The van der Waals surface area contributed by atoms with Crippen molar-refractivity contribution >= 4 is 0 Å². The summed E-state index contributed by atoms with van der Waals surface area (Å²) in [6.07, 6.45) is 4.10. The minimum absolute atomic E-state index is 0.0551. The molecule has 0 bridgehead atoms. The third kappa shape index (κ3) is 4.94. The van der Waals surface area contributed by atoms with Crippen molar-refractivity contribution < 1.29 is 0 Å². The highest BCUT2D eigenvalue weighted by atomic mass is 16.2. The summed E-state index contributed by atoms with van der Waals surface area (Å²) >= 11 is 0. The second-order valence-electron chi connectivity index (χ2n) is 9.30. The Labute approximate surface area is 193 Å². The molecular formula is C25H31N7O. The summed E-state index contributed by atoms with van der Waals surface area (Å²) in [7, 11) is 0. The Balaban J connectivity index is 1.63. The van der Waals surface area contributed by atoms with E-state index in [1.807, 2.05) is 49.6 Å². The van der Waals surface area contributed by atoms with Crippen LogP contribution in [0.25, 0.3) is 22.5 Å². The molecule has 8 heteroatoms. The number of H-pyrrole nitrogens is 1. The molecule has 2 aromatic carbocycles. The van der Waals surface area contributed by atoms with Crippen molar-refractivity contribution in [3.05, 3.63) is 70.4 Å². The standard InChI is InChI=1S/C25H31N7O/c1-5-6-7-12-22-28-32(25(2,3)4)24(33)31(22)17-18-13-15-19(16-14-18)20-10-8-9-11-21(20)23-26-29-30-27-23/h8-11,13-16H,5-7,12,17H2,1-4H3,(H,26,27,29,30). The number of benzene rings is 2. The van der Waals surface area contributed by atoms with E-state index in [1.165, 1.54) is 0 Å². The van der Waals surface area contributed by atoms with Crippen LogP contribution >= 0.6 is 0 Å². The van der Waals surface area contributed by atoms with Gasteiger partial charge in [-0.3, -0.25) is 4.57 Å². The van der Waals surface area contributed by atoms with E-state index in [9.17, 15) is 4.79 Å². The van der Waals surface area contributed by atoms with Crippen molar-refractivity contribution in [2.75, 3.05) is 0 Å². The van der Waals surface area contributed by atoms with Crippen molar-refractivity contribution in [2.45, 2.75) is 65.5 Å². The lowest BCUT2D eigenvalue weighted by atomic mass is 9.98. The molecule has 0 unspecified atom stereocenters. The Morgan fingerprint density at radius 3 is 2.33 bits per heavy atom. The Morgan fingerprint density at radius 2 is 1.70 bits per heavy atom. The highest BCUT2D eigenvalue weighted by molar-refractivity contribution is 5.80. The molecule has 4 rings (SSSR count). The maximum atomic E-state index is 13.2. The number of hydrogen-bond donors (Lipinski definition) is 1. The minimum Gasteiger partial charge on any atom is -0.274 e. The fraction of sp³-hybridized carbons (Fsp3) is 0.400. The number of nitrogens with one attached hydrogen (secondary N) is 1. The molecule has 2 aromatic heterocycles. The normalized spacial score (nSPS) is 11.8. The summed E-state index contributed by atoms with van der Waals surface area (Å²) in [5.41, 5.74) is 3.65. The van der Waals surface area contributed by atoms with E-state index in [-0.39, 0.29) is 11.2 Å². The summed E-state index contributed by atoms with van der Waals surface area (Å²) in [6.45, 7) is 8.72. The topological polar surface area (TPSA) is 94.3 Å². The van der Waals surface area contributed by atoms with Crippen molar-refractivity contribution in [3.63, 3.8) is 0 Å². The van der Waals surface area contributed by atoms with Gasteiger partial charge in [-0.15, -0.1) is 10.2 Å². The number of hydrogen-bond acceptors (Lipinski definition) is 5. The molecule has 0 atom stereocenters. The second-order valence-corrected chi connectivity index (χ2v) is 9.30. The van der Waals surface area contributed by atoms with E-state index in [0.717, 1.165) is 53.8 Å². The third-order valence-electron chi connectivity index (χ3n) is 5.70. The Bertz CT molecular complexity index is 1250. The first-order valence-corrected chi connectivity index (χ1v) is 11.5. The van der Waals surface area contributed by atoms with E-state index in [0.29, 0.717) is 12.4 Å². The quantitative estimate of drug-likeness (QED) is 0.405. The average molecular weight is 446 g/mol. The number of unbranched alkanes of at least 4 members (excludes halogenated alkanes) is 2. The predicted octanol–water partition coefficient (Wildman–Crippen LogP) is 4.43. The summed E-state index contributed by atoms with van der Waals surface area (Å²) in [5.74, 6) is 1.42. The number of nitrogens with zero attached hydrogens (tertiary/aromatic N) is 6.